The van der Waals surface area contributed by atoms with Crippen LogP contribution in [-0.4, -0.2) is 5.78 Å². The van der Waals surface area contributed by atoms with Crippen molar-refractivity contribution in [2.75, 3.05) is 0 Å². The van der Waals surface area contributed by atoms with Crippen LogP contribution in [0.5, 0.6) is 0 Å². The Bertz CT molecular complexity index is 958. The molecule has 2 aliphatic rings. The minimum absolute atomic E-state index is 0.242. The van der Waals surface area contributed by atoms with E-state index in [1.54, 1.807) is 0 Å². The fourth-order valence-electron chi connectivity index (χ4n) is 4.46. The maximum Gasteiger partial charge on any atom is 0.178 e. The number of benzene rings is 2. The monoisotopic (exact) mass is 352 g/mol. The molecule has 1 heteroatoms. The van der Waals surface area contributed by atoms with Crippen molar-refractivity contribution in [1.29, 1.82) is 0 Å². The van der Waals surface area contributed by atoms with Gasteiger partial charge in [-0.3, -0.25) is 4.79 Å². The van der Waals surface area contributed by atoms with Gasteiger partial charge in [-0.15, -0.1) is 0 Å². The van der Waals surface area contributed by atoms with Gasteiger partial charge in [0.25, 0.3) is 0 Å². The SMILES string of the molecule is C/C=C/C=C\C[C@]1(c2ccccc2)C(=O)C(c2ccccc2)=C2CCC=C21. The van der Waals surface area contributed by atoms with E-state index in [9.17, 15) is 4.79 Å². The molecule has 4 rings (SSSR count). The molecule has 0 saturated carbocycles. The second-order valence-corrected chi connectivity index (χ2v) is 7.13. The molecule has 2 aromatic carbocycles. The Morgan fingerprint density at radius 2 is 1.67 bits per heavy atom. The standard InChI is InChI=1S/C26H24O/c1-2-3-4-11-19-26(21-15-9-6-10-16-21)23-18-12-17-22(23)24(25(26)27)20-13-7-5-8-14-20/h2-11,13-16,18H,12,17,19H2,1H3/b3-2+,11-4-/t26-/m1/s1. The van der Waals surface area contributed by atoms with Crippen molar-refractivity contribution in [3.8, 4) is 0 Å². The quantitative estimate of drug-likeness (QED) is 0.585. The van der Waals surface area contributed by atoms with Crippen LogP contribution in [0.15, 0.2) is 102 Å². The number of hydrogen-bond acceptors (Lipinski definition) is 1. The van der Waals surface area contributed by atoms with Crippen LogP contribution in [0.2, 0.25) is 0 Å². The van der Waals surface area contributed by atoms with E-state index in [-0.39, 0.29) is 5.78 Å². The van der Waals surface area contributed by atoms with Gasteiger partial charge < -0.3 is 0 Å². The van der Waals surface area contributed by atoms with E-state index in [0.29, 0.717) is 6.42 Å². The Balaban J connectivity index is 1.89. The largest absolute Gasteiger partial charge is 0.293 e. The highest BCUT2D eigenvalue weighted by atomic mass is 16.1. The van der Waals surface area contributed by atoms with E-state index in [0.717, 1.165) is 29.5 Å². The van der Waals surface area contributed by atoms with Gasteiger partial charge >= 0.3 is 0 Å². The number of Topliss-reactive ketones (excluding diaryl/α,β-unsaturated/α-hetero) is 1. The van der Waals surface area contributed by atoms with Gasteiger partial charge in [-0.05, 0) is 48.5 Å². The third-order valence-corrected chi connectivity index (χ3v) is 5.64. The maximum atomic E-state index is 14.0. The summed E-state index contributed by atoms with van der Waals surface area (Å²) in [6.07, 6.45) is 13.2. The minimum Gasteiger partial charge on any atom is -0.293 e. The van der Waals surface area contributed by atoms with Crippen LogP contribution >= 0.6 is 0 Å². The van der Waals surface area contributed by atoms with Crippen LogP contribution in [0.25, 0.3) is 5.57 Å². The van der Waals surface area contributed by atoms with Crippen molar-refractivity contribution >= 4 is 11.4 Å². The molecule has 0 aliphatic heterocycles. The lowest BCUT2D eigenvalue weighted by atomic mass is 9.70. The smallest absolute Gasteiger partial charge is 0.178 e. The third-order valence-electron chi connectivity index (χ3n) is 5.64. The first-order valence-electron chi connectivity index (χ1n) is 9.67. The summed E-state index contributed by atoms with van der Waals surface area (Å²) >= 11 is 0. The summed E-state index contributed by atoms with van der Waals surface area (Å²) in [5.41, 5.74) is 4.92. The van der Waals surface area contributed by atoms with Crippen molar-refractivity contribution < 1.29 is 4.79 Å². The van der Waals surface area contributed by atoms with Gasteiger partial charge in [0.15, 0.2) is 5.78 Å². The van der Waals surface area contributed by atoms with Gasteiger partial charge in [-0.2, -0.15) is 0 Å². The summed E-state index contributed by atoms with van der Waals surface area (Å²) in [4.78, 5) is 14.0. The van der Waals surface area contributed by atoms with E-state index in [1.165, 1.54) is 11.1 Å². The molecule has 0 N–H and O–H groups in total. The second kappa shape index (κ2) is 7.36. The lowest BCUT2D eigenvalue weighted by Gasteiger charge is -2.30. The first-order chi connectivity index (χ1) is 13.3. The third kappa shape index (κ3) is 2.84. The Hall–Kier alpha value is -2.93. The molecular weight excluding hydrogens is 328 g/mol. The zero-order valence-electron chi connectivity index (χ0n) is 15.7. The molecule has 0 amide bonds. The van der Waals surface area contributed by atoms with Crippen molar-refractivity contribution in [1.82, 2.24) is 0 Å². The highest BCUT2D eigenvalue weighted by Crippen LogP contribution is 2.54. The zero-order valence-corrected chi connectivity index (χ0v) is 15.7. The lowest BCUT2D eigenvalue weighted by Crippen LogP contribution is -2.34. The van der Waals surface area contributed by atoms with Crippen LogP contribution in [0, 0.1) is 0 Å². The Morgan fingerprint density at radius 3 is 2.37 bits per heavy atom. The predicted octanol–water partition coefficient (Wildman–Crippen LogP) is 6.20. The van der Waals surface area contributed by atoms with Gasteiger partial charge in [0, 0.05) is 5.57 Å². The molecule has 0 unspecified atom stereocenters. The molecule has 1 atom stereocenters. The average Bonchev–Trinajstić information content (AvgIpc) is 3.27. The Labute approximate surface area is 161 Å². The number of ketones is 1. The van der Waals surface area contributed by atoms with E-state index in [2.05, 4.69) is 36.4 Å². The Kier molecular flexibility index (Phi) is 4.77. The topological polar surface area (TPSA) is 17.1 Å². The van der Waals surface area contributed by atoms with E-state index < -0.39 is 5.41 Å². The summed E-state index contributed by atoms with van der Waals surface area (Å²) in [5.74, 6) is 0.242. The first-order valence-corrected chi connectivity index (χ1v) is 9.67. The fraction of sp³-hybridized carbons (Fsp3) is 0.192. The van der Waals surface area contributed by atoms with E-state index in [1.807, 2.05) is 61.5 Å². The lowest BCUT2D eigenvalue weighted by molar-refractivity contribution is -0.117. The summed E-state index contributed by atoms with van der Waals surface area (Å²) < 4.78 is 0. The first kappa shape index (κ1) is 17.5. The number of rotatable bonds is 5. The van der Waals surface area contributed by atoms with E-state index >= 15 is 0 Å². The molecule has 0 bridgehead atoms. The van der Waals surface area contributed by atoms with Crippen LogP contribution < -0.4 is 0 Å². The molecule has 27 heavy (non-hydrogen) atoms. The average molecular weight is 352 g/mol. The number of fused-ring (bicyclic) bond motifs is 1. The highest BCUT2D eigenvalue weighted by Gasteiger charge is 2.52. The highest BCUT2D eigenvalue weighted by molar-refractivity contribution is 6.32. The molecule has 0 fully saturated rings. The van der Waals surface area contributed by atoms with Gasteiger partial charge in [0.1, 0.15) is 0 Å². The summed E-state index contributed by atoms with van der Waals surface area (Å²) in [7, 11) is 0. The van der Waals surface area contributed by atoms with Crippen LogP contribution in [-0.2, 0) is 10.2 Å². The molecule has 0 saturated heterocycles. The summed E-state index contributed by atoms with van der Waals surface area (Å²) in [6, 6.07) is 20.5. The molecule has 1 nitrogen and oxygen atoms in total. The van der Waals surface area contributed by atoms with Gasteiger partial charge in [-0.25, -0.2) is 0 Å². The summed E-state index contributed by atoms with van der Waals surface area (Å²) in [5, 5.41) is 0. The number of carbonyl (C=O) groups excluding carboxylic acids is 1. The zero-order chi connectivity index (χ0) is 18.7. The molecule has 0 heterocycles. The molecule has 134 valence electrons. The molecule has 0 aromatic heterocycles. The minimum atomic E-state index is -0.601. The van der Waals surface area contributed by atoms with E-state index in [4.69, 9.17) is 0 Å². The van der Waals surface area contributed by atoms with Crippen molar-refractivity contribution in [3.63, 3.8) is 0 Å². The molecule has 0 radical (unpaired) electrons. The van der Waals surface area contributed by atoms with Crippen molar-refractivity contribution in [2.24, 2.45) is 0 Å². The van der Waals surface area contributed by atoms with Crippen LogP contribution in [0.3, 0.4) is 0 Å². The second-order valence-electron chi connectivity index (χ2n) is 7.13. The van der Waals surface area contributed by atoms with Crippen molar-refractivity contribution in [2.45, 2.75) is 31.6 Å². The fourth-order valence-corrected chi connectivity index (χ4v) is 4.46. The normalized spacial score (nSPS) is 22.1. The van der Waals surface area contributed by atoms with Crippen LogP contribution in [0.1, 0.15) is 37.3 Å². The van der Waals surface area contributed by atoms with Gasteiger partial charge in [-0.1, -0.05) is 91.0 Å². The molecule has 2 aliphatic carbocycles. The molecular formula is C26H24O. The maximum absolute atomic E-state index is 14.0. The predicted molar refractivity (Wildman–Crippen MR) is 112 cm³/mol. The number of allylic oxidation sites excluding steroid dienone is 8. The molecule has 2 aromatic rings. The van der Waals surface area contributed by atoms with Gasteiger partial charge in [0.05, 0.1) is 5.41 Å². The number of carbonyl (C=O) groups is 1. The van der Waals surface area contributed by atoms with Crippen molar-refractivity contribution in [3.05, 3.63) is 113 Å². The summed E-state index contributed by atoms with van der Waals surface area (Å²) in [6.45, 7) is 2.00. The molecule has 0 spiro atoms. The number of hydrogen-bond donors (Lipinski definition) is 0. The van der Waals surface area contributed by atoms with Crippen LogP contribution in [0.4, 0.5) is 0 Å². The van der Waals surface area contributed by atoms with Gasteiger partial charge in [0.2, 0.25) is 0 Å². The Morgan fingerprint density at radius 1 is 0.963 bits per heavy atom.